The van der Waals surface area contributed by atoms with E-state index < -0.39 is 0 Å². The summed E-state index contributed by atoms with van der Waals surface area (Å²) in [5.74, 6) is 1.03. The number of nitrogens with two attached hydrogens (primary N) is 1. The first kappa shape index (κ1) is 9.14. The van der Waals surface area contributed by atoms with Gasteiger partial charge in [-0.25, -0.2) is 9.97 Å². The van der Waals surface area contributed by atoms with Crippen LogP contribution in [0.15, 0.2) is 12.5 Å². The number of rotatable bonds is 2. The lowest BCUT2D eigenvalue weighted by atomic mass is 10.0. The third-order valence-corrected chi connectivity index (χ3v) is 3.10. The summed E-state index contributed by atoms with van der Waals surface area (Å²) in [5.41, 5.74) is 5.62. The van der Waals surface area contributed by atoms with Crippen molar-refractivity contribution in [1.29, 1.82) is 0 Å². The first-order valence-corrected chi connectivity index (χ1v) is 5.33. The predicted octanol–water partition coefficient (Wildman–Crippen LogP) is 0.619. The summed E-state index contributed by atoms with van der Waals surface area (Å²) >= 11 is 2.25. The molecule has 0 radical (unpaired) electrons. The van der Waals surface area contributed by atoms with Gasteiger partial charge in [-0.05, 0) is 29.0 Å². The van der Waals surface area contributed by atoms with Gasteiger partial charge in [-0.3, -0.25) is 0 Å². The molecule has 13 heavy (non-hydrogen) atoms. The Hall–Kier alpha value is -0.430. The van der Waals surface area contributed by atoms with E-state index >= 15 is 0 Å². The van der Waals surface area contributed by atoms with Crippen molar-refractivity contribution in [2.45, 2.75) is 12.5 Å². The van der Waals surface area contributed by atoms with Gasteiger partial charge in [-0.2, -0.15) is 0 Å². The van der Waals surface area contributed by atoms with Crippen molar-refractivity contribution >= 4 is 28.4 Å². The van der Waals surface area contributed by atoms with Crippen LogP contribution in [-0.2, 0) is 0 Å². The largest absolute Gasteiger partial charge is 0.351 e. The van der Waals surface area contributed by atoms with E-state index in [1.807, 2.05) is 6.20 Å². The topological polar surface area (TPSA) is 55.0 Å². The van der Waals surface area contributed by atoms with Crippen molar-refractivity contribution in [3.63, 3.8) is 0 Å². The Balaban J connectivity index is 2.21. The summed E-state index contributed by atoms with van der Waals surface area (Å²) in [6.07, 6.45) is 4.59. The molecule has 4 nitrogen and oxygen atoms in total. The third kappa shape index (κ3) is 1.62. The summed E-state index contributed by atoms with van der Waals surface area (Å²) < 4.78 is 1.10. The highest BCUT2D eigenvalue weighted by atomic mass is 127. The number of anilines is 1. The average molecular weight is 290 g/mol. The van der Waals surface area contributed by atoms with Gasteiger partial charge in [0, 0.05) is 25.3 Å². The third-order valence-electron chi connectivity index (χ3n) is 2.34. The minimum atomic E-state index is 0.475. The molecule has 0 amide bonds. The fourth-order valence-electron chi connectivity index (χ4n) is 1.48. The second-order valence-electron chi connectivity index (χ2n) is 3.07. The van der Waals surface area contributed by atoms with Gasteiger partial charge in [0.2, 0.25) is 0 Å². The molecule has 1 aromatic rings. The summed E-state index contributed by atoms with van der Waals surface area (Å²) in [4.78, 5) is 10.4. The summed E-state index contributed by atoms with van der Waals surface area (Å²) in [6, 6.07) is 0.475. The van der Waals surface area contributed by atoms with Gasteiger partial charge in [0.15, 0.2) is 0 Å². The molecule has 1 fully saturated rings. The van der Waals surface area contributed by atoms with Crippen LogP contribution in [0.25, 0.3) is 0 Å². The van der Waals surface area contributed by atoms with Gasteiger partial charge >= 0.3 is 0 Å². The molecule has 5 heteroatoms. The van der Waals surface area contributed by atoms with Crippen LogP contribution < -0.4 is 10.6 Å². The SMILES string of the molecule is NCC1CCN1c1ncncc1I. The number of nitrogens with zero attached hydrogens (tertiary/aromatic N) is 3. The highest BCUT2D eigenvalue weighted by Crippen LogP contribution is 2.27. The minimum Gasteiger partial charge on any atom is -0.351 e. The molecule has 0 bridgehead atoms. The summed E-state index contributed by atoms with van der Waals surface area (Å²) in [6.45, 7) is 1.77. The van der Waals surface area contributed by atoms with Crippen LogP contribution in [0, 0.1) is 3.57 Å². The molecule has 2 N–H and O–H groups in total. The first-order chi connectivity index (χ1) is 6.33. The van der Waals surface area contributed by atoms with E-state index in [0.717, 1.165) is 15.9 Å². The molecule has 1 atom stereocenters. The first-order valence-electron chi connectivity index (χ1n) is 4.25. The Morgan fingerprint density at radius 2 is 2.54 bits per heavy atom. The van der Waals surface area contributed by atoms with E-state index in [-0.39, 0.29) is 0 Å². The standard InChI is InChI=1S/C8H11IN4/c9-7-4-11-5-12-8(7)13-2-1-6(13)3-10/h4-6H,1-3,10H2. The lowest BCUT2D eigenvalue weighted by molar-refractivity contribution is 0.451. The number of hydrogen-bond acceptors (Lipinski definition) is 4. The zero-order valence-corrected chi connectivity index (χ0v) is 9.31. The molecule has 0 aliphatic carbocycles. The Kier molecular flexibility index (Phi) is 2.63. The quantitative estimate of drug-likeness (QED) is 0.811. The van der Waals surface area contributed by atoms with E-state index in [0.29, 0.717) is 12.6 Å². The molecule has 1 aliphatic rings. The highest BCUT2D eigenvalue weighted by molar-refractivity contribution is 14.1. The Labute approximate surface area is 90.7 Å². The molecule has 0 spiro atoms. The Bertz CT molecular complexity index is 302. The van der Waals surface area contributed by atoms with Crippen molar-refractivity contribution in [2.24, 2.45) is 5.73 Å². The maximum Gasteiger partial charge on any atom is 0.145 e. The monoisotopic (exact) mass is 290 g/mol. The van der Waals surface area contributed by atoms with E-state index in [1.165, 1.54) is 6.42 Å². The second kappa shape index (κ2) is 3.75. The number of aromatic nitrogens is 2. The molecule has 1 unspecified atom stereocenters. The zero-order valence-electron chi connectivity index (χ0n) is 7.15. The molecule has 1 saturated heterocycles. The lowest BCUT2D eigenvalue weighted by Crippen LogP contribution is -2.52. The van der Waals surface area contributed by atoms with Crippen LogP contribution in [-0.4, -0.2) is 29.1 Å². The van der Waals surface area contributed by atoms with Gasteiger partial charge in [0.25, 0.3) is 0 Å². The molecule has 70 valence electrons. The molecular weight excluding hydrogens is 279 g/mol. The molecular formula is C8H11IN4. The molecule has 0 saturated carbocycles. The van der Waals surface area contributed by atoms with Crippen LogP contribution in [0.5, 0.6) is 0 Å². The van der Waals surface area contributed by atoms with E-state index in [1.54, 1.807) is 6.33 Å². The molecule has 2 heterocycles. The molecule has 1 aliphatic heterocycles. The molecule has 0 aromatic carbocycles. The molecule has 1 aromatic heterocycles. The smallest absolute Gasteiger partial charge is 0.145 e. The van der Waals surface area contributed by atoms with Gasteiger partial charge in [0.05, 0.1) is 3.57 Å². The Morgan fingerprint density at radius 1 is 1.69 bits per heavy atom. The van der Waals surface area contributed by atoms with Crippen molar-refractivity contribution in [1.82, 2.24) is 9.97 Å². The average Bonchev–Trinajstić information content (AvgIpc) is 2.08. The summed E-state index contributed by atoms with van der Waals surface area (Å²) in [7, 11) is 0. The van der Waals surface area contributed by atoms with Crippen LogP contribution in [0.3, 0.4) is 0 Å². The normalized spacial score (nSPS) is 21.4. The fraction of sp³-hybridized carbons (Fsp3) is 0.500. The van der Waals surface area contributed by atoms with Gasteiger partial charge in [0.1, 0.15) is 12.1 Å². The van der Waals surface area contributed by atoms with Crippen molar-refractivity contribution in [3.8, 4) is 0 Å². The predicted molar refractivity (Wildman–Crippen MR) is 59.6 cm³/mol. The fourth-order valence-corrected chi connectivity index (χ4v) is 2.09. The van der Waals surface area contributed by atoms with Crippen molar-refractivity contribution < 1.29 is 0 Å². The van der Waals surface area contributed by atoms with Gasteiger partial charge in [-0.1, -0.05) is 0 Å². The van der Waals surface area contributed by atoms with Crippen LogP contribution in [0.2, 0.25) is 0 Å². The second-order valence-corrected chi connectivity index (χ2v) is 4.23. The summed E-state index contributed by atoms with van der Waals surface area (Å²) in [5, 5.41) is 0. The van der Waals surface area contributed by atoms with Gasteiger partial charge < -0.3 is 10.6 Å². The maximum absolute atomic E-state index is 5.62. The zero-order chi connectivity index (χ0) is 9.26. The number of hydrogen-bond donors (Lipinski definition) is 1. The Morgan fingerprint density at radius 3 is 3.08 bits per heavy atom. The molecule has 2 rings (SSSR count). The van der Waals surface area contributed by atoms with Crippen LogP contribution in [0.4, 0.5) is 5.82 Å². The lowest BCUT2D eigenvalue weighted by Gasteiger charge is -2.41. The van der Waals surface area contributed by atoms with Gasteiger partial charge in [-0.15, -0.1) is 0 Å². The highest BCUT2D eigenvalue weighted by Gasteiger charge is 2.28. The van der Waals surface area contributed by atoms with E-state index in [2.05, 4.69) is 37.5 Å². The van der Waals surface area contributed by atoms with Crippen LogP contribution >= 0.6 is 22.6 Å². The van der Waals surface area contributed by atoms with E-state index in [4.69, 9.17) is 5.73 Å². The maximum atomic E-state index is 5.62. The van der Waals surface area contributed by atoms with Crippen molar-refractivity contribution in [2.75, 3.05) is 18.0 Å². The van der Waals surface area contributed by atoms with E-state index in [9.17, 15) is 0 Å². The van der Waals surface area contributed by atoms with Crippen molar-refractivity contribution in [3.05, 3.63) is 16.1 Å². The minimum absolute atomic E-state index is 0.475. The van der Waals surface area contributed by atoms with Crippen LogP contribution in [0.1, 0.15) is 6.42 Å². The number of halogens is 1.